The Balaban J connectivity index is -0.000000147. The zero-order valence-electron chi connectivity index (χ0n) is 12.4. The van der Waals surface area contributed by atoms with E-state index in [4.69, 9.17) is 0 Å². The van der Waals surface area contributed by atoms with Gasteiger partial charge in [-0.25, -0.2) is 0 Å². The van der Waals surface area contributed by atoms with Crippen LogP contribution in [0.25, 0.3) is 0 Å². The molecule has 0 spiro atoms. The molecule has 0 bridgehead atoms. The highest BCUT2D eigenvalue weighted by atomic mass is 13.8. The van der Waals surface area contributed by atoms with Gasteiger partial charge >= 0.3 is 0 Å². The SMILES string of the molecule is CCCC.CCCCC.CCCCCC. The molecule has 0 aromatic carbocycles. The molecule has 0 atom stereocenters. The molecule has 0 aliphatic heterocycles. The van der Waals surface area contributed by atoms with Crippen LogP contribution in [0.1, 0.15) is 99.3 Å². The molecule has 0 aromatic heterocycles. The van der Waals surface area contributed by atoms with Crippen LogP contribution in [0, 0.1) is 0 Å². The first kappa shape index (κ1) is 20.4. The topological polar surface area (TPSA) is 0 Å². The molecule has 0 fully saturated rings. The van der Waals surface area contributed by atoms with Crippen molar-refractivity contribution in [3.05, 3.63) is 0 Å². The molecule has 0 radical (unpaired) electrons. The molecule has 0 saturated carbocycles. The van der Waals surface area contributed by atoms with E-state index in [0.717, 1.165) is 0 Å². The average Bonchev–Trinajstić information content (AvgIpc) is 2.28. The van der Waals surface area contributed by atoms with Crippen molar-refractivity contribution >= 4 is 0 Å². The summed E-state index contributed by atoms with van der Waals surface area (Å²) in [7, 11) is 0. The first-order chi connectivity index (χ1) is 7.24. The highest BCUT2D eigenvalue weighted by Gasteiger charge is 1.75. The van der Waals surface area contributed by atoms with Crippen molar-refractivity contribution in [3.63, 3.8) is 0 Å². The van der Waals surface area contributed by atoms with E-state index in [1.54, 1.807) is 0 Å². The Hall–Kier alpha value is 0. The van der Waals surface area contributed by atoms with Crippen LogP contribution in [0.2, 0.25) is 0 Å². The van der Waals surface area contributed by atoms with Gasteiger partial charge in [0.1, 0.15) is 0 Å². The maximum atomic E-state index is 2.23. The molecule has 0 amide bonds. The van der Waals surface area contributed by atoms with Crippen molar-refractivity contribution in [2.24, 2.45) is 0 Å². The number of unbranched alkanes of at least 4 members (excludes halogenated alkanes) is 6. The van der Waals surface area contributed by atoms with Gasteiger partial charge in [-0.3, -0.25) is 0 Å². The van der Waals surface area contributed by atoms with Crippen LogP contribution in [0.3, 0.4) is 0 Å². The molecular weight excluding hydrogens is 180 g/mol. The van der Waals surface area contributed by atoms with Crippen molar-refractivity contribution in [1.29, 1.82) is 0 Å². The fraction of sp³-hybridized carbons (Fsp3) is 1.00. The molecule has 0 nitrogen and oxygen atoms in total. The maximum absolute atomic E-state index is 2.23. The normalized spacial score (nSPS) is 8.40. The molecule has 0 aliphatic rings. The van der Waals surface area contributed by atoms with Crippen LogP contribution in [0.15, 0.2) is 0 Å². The van der Waals surface area contributed by atoms with Crippen LogP contribution in [0.4, 0.5) is 0 Å². The Bertz CT molecular complexity index is 49.1. The molecule has 15 heavy (non-hydrogen) atoms. The Morgan fingerprint density at radius 1 is 0.333 bits per heavy atom. The Kier molecular flexibility index (Phi) is 39.8. The zero-order chi connectivity index (χ0) is 12.4. The molecule has 0 saturated heterocycles. The molecule has 0 rings (SSSR count). The van der Waals surface area contributed by atoms with Crippen molar-refractivity contribution in [2.45, 2.75) is 99.3 Å². The minimum absolute atomic E-state index is 1.32. The summed E-state index contributed by atoms with van der Waals surface area (Å²) < 4.78 is 0. The van der Waals surface area contributed by atoms with Crippen LogP contribution >= 0.6 is 0 Å². The lowest BCUT2D eigenvalue weighted by molar-refractivity contribution is 0.702. The fourth-order valence-electron chi connectivity index (χ4n) is 0.854. The lowest BCUT2D eigenvalue weighted by Gasteiger charge is -1.86. The standard InChI is InChI=1S/C6H14.C5H12.C4H10/c1-3-5-6-4-2;1-3-5-4-2;1-3-4-2/h3-6H2,1-2H3;3-5H2,1-2H3;3-4H2,1-2H3. The second-order valence-electron chi connectivity index (χ2n) is 4.06. The largest absolute Gasteiger partial charge is 0.0654 e. The van der Waals surface area contributed by atoms with Gasteiger partial charge in [0.25, 0.3) is 0 Å². The third-order valence-electron chi connectivity index (χ3n) is 2.16. The lowest BCUT2D eigenvalue weighted by Crippen LogP contribution is -1.66. The molecule has 0 unspecified atom stereocenters. The van der Waals surface area contributed by atoms with Gasteiger partial charge < -0.3 is 0 Å². The van der Waals surface area contributed by atoms with Crippen LogP contribution in [0.5, 0.6) is 0 Å². The van der Waals surface area contributed by atoms with Gasteiger partial charge in [-0.1, -0.05) is 99.3 Å². The molecular formula is C15H36. The van der Waals surface area contributed by atoms with Gasteiger partial charge in [-0.05, 0) is 0 Å². The summed E-state index contributed by atoms with van der Waals surface area (Å²) in [5, 5.41) is 0. The number of hydrogen-bond acceptors (Lipinski definition) is 0. The minimum atomic E-state index is 1.32. The van der Waals surface area contributed by atoms with Crippen LogP contribution in [-0.2, 0) is 0 Å². The Morgan fingerprint density at radius 2 is 0.600 bits per heavy atom. The monoisotopic (exact) mass is 216 g/mol. The van der Waals surface area contributed by atoms with E-state index in [2.05, 4.69) is 41.5 Å². The van der Waals surface area contributed by atoms with E-state index in [-0.39, 0.29) is 0 Å². The number of hydrogen-bond donors (Lipinski definition) is 0. The number of rotatable bonds is 6. The van der Waals surface area contributed by atoms with E-state index >= 15 is 0 Å². The lowest BCUT2D eigenvalue weighted by atomic mass is 10.2. The molecule has 96 valence electrons. The first-order valence-corrected chi connectivity index (χ1v) is 7.24. The summed E-state index contributed by atoms with van der Waals surface area (Å²) >= 11 is 0. The molecule has 0 heteroatoms. The molecule has 0 aliphatic carbocycles. The van der Waals surface area contributed by atoms with Crippen molar-refractivity contribution < 1.29 is 0 Å². The highest BCUT2D eigenvalue weighted by molar-refractivity contribution is 4.31. The van der Waals surface area contributed by atoms with Crippen molar-refractivity contribution in [2.75, 3.05) is 0 Å². The van der Waals surface area contributed by atoms with Gasteiger partial charge in [-0.2, -0.15) is 0 Å². The summed E-state index contributed by atoms with van der Waals surface area (Å²) in [6.45, 7) is 13.2. The van der Waals surface area contributed by atoms with E-state index in [1.807, 2.05) is 0 Å². The summed E-state index contributed by atoms with van der Waals surface area (Å²) in [5.41, 5.74) is 0. The maximum Gasteiger partial charge on any atom is -0.0536 e. The van der Waals surface area contributed by atoms with Gasteiger partial charge in [0.2, 0.25) is 0 Å². The van der Waals surface area contributed by atoms with Crippen molar-refractivity contribution in [1.82, 2.24) is 0 Å². The quantitative estimate of drug-likeness (QED) is 0.439. The Labute approximate surface area is 99.9 Å². The average molecular weight is 216 g/mol. The van der Waals surface area contributed by atoms with Gasteiger partial charge in [0, 0.05) is 0 Å². The minimum Gasteiger partial charge on any atom is -0.0654 e. The van der Waals surface area contributed by atoms with E-state index in [0.29, 0.717) is 0 Å². The third kappa shape index (κ3) is 56.0. The first-order valence-electron chi connectivity index (χ1n) is 7.24. The molecule has 0 heterocycles. The highest BCUT2D eigenvalue weighted by Crippen LogP contribution is 1.95. The predicted octanol–water partition coefficient (Wildman–Crippen LogP) is 6.59. The second-order valence-corrected chi connectivity index (χ2v) is 4.06. The van der Waals surface area contributed by atoms with Crippen molar-refractivity contribution in [3.8, 4) is 0 Å². The van der Waals surface area contributed by atoms with E-state index < -0.39 is 0 Å². The second kappa shape index (κ2) is 29.2. The summed E-state index contributed by atoms with van der Waals surface area (Å²) in [5.74, 6) is 0. The van der Waals surface area contributed by atoms with Crippen LogP contribution < -0.4 is 0 Å². The third-order valence-corrected chi connectivity index (χ3v) is 2.16. The summed E-state index contributed by atoms with van der Waals surface area (Å²) in [6, 6.07) is 0. The summed E-state index contributed by atoms with van der Waals surface area (Å²) in [6.07, 6.45) is 12.3. The fourth-order valence-corrected chi connectivity index (χ4v) is 0.854. The van der Waals surface area contributed by atoms with Gasteiger partial charge in [0.15, 0.2) is 0 Å². The molecule has 0 aromatic rings. The predicted molar refractivity (Wildman–Crippen MR) is 75.6 cm³/mol. The zero-order valence-corrected chi connectivity index (χ0v) is 12.4. The molecule has 0 N–H and O–H groups in total. The smallest absolute Gasteiger partial charge is 0.0536 e. The van der Waals surface area contributed by atoms with Crippen LogP contribution in [-0.4, -0.2) is 0 Å². The van der Waals surface area contributed by atoms with Gasteiger partial charge in [0.05, 0.1) is 0 Å². The van der Waals surface area contributed by atoms with E-state index in [1.165, 1.54) is 57.8 Å². The summed E-state index contributed by atoms with van der Waals surface area (Å²) in [4.78, 5) is 0. The Morgan fingerprint density at radius 3 is 0.667 bits per heavy atom. The van der Waals surface area contributed by atoms with Gasteiger partial charge in [-0.15, -0.1) is 0 Å². The van der Waals surface area contributed by atoms with E-state index in [9.17, 15) is 0 Å².